The average Bonchev–Trinajstić information content (AvgIpc) is 2.15. The molecule has 0 aromatic rings. The Balaban J connectivity index is 2.33. The molecule has 4 heteroatoms. The predicted octanol–water partition coefficient (Wildman–Crippen LogP) is 0.0186. The monoisotopic (exact) mass is 147 g/mol. The first-order chi connectivity index (χ1) is 4.70. The Bertz CT molecular complexity index is 140. The topological polar surface area (TPSA) is 49.3 Å². The van der Waals surface area contributed by atoms with Gasteiger partial charge in [0.1, 0.15) is 6.17 Å². The van der Waals surface area contributed by atoms with Crippen LogP contribution in [0.5, 0.6) is 0 Å². The SMILES string of the molecule is O=C(O)C[C@H]1CNC[C@H]1F. The highest BCUT2D eigenvalue weighted by atomic mass is 19.1. The maximum Gasteiger partial charge on any atom is 0.303 e. The van der Waals surface area contributed by atoms with Gasteiger partial charge in [-0.15, -0.1) is 0 Å². The second-order valence-electron chi connectivity index (χ2n) is 2.53. The molecule has 1 rings (SSSR count). The van der Waals surface area contributed by atoms with Gasteiger partial charge in [-0.05, 0) is 0 Å². The van der Waals surface area contributed by atoms with E-state index in [4.69, 9.17) is 5.11 Å². The molecule has 0 saturated carbocycles. The van der Waals surface area contributed by atoms with Crippen LogP contribution in [-0.4, -0.2) is 30.3 Å². The van der Waals surface area contributed by atoms with Crippen LogP contribution in [0.25, 0.3) is 0 Å². The number of hydrogen-bond donors (Lipinski definition) is 2. The molecule has 10 heavy (non-hydrogen) atoms. The van der Waals surface area contributed by atoms with Crippen molar-refractivity contribution in [1.29, 1.82) is 0 Å². The van der Waals surface area contributed by atoms with Crippen molar-refractivity contribution in [2.24, 2.45) is 5.92 Å². The lowest BCUT2D eigenvalue weighted by atomic mass is 10.0. The van der Waals surface area contributed by atoms with Gasteiger partial charge in [-0.1, -0.05) is 0 Å². The van der Waals surface area contributed by atoms with Crippen molar-refractivity contribution in [2.45, 2.75) is 12.6 Å². The number of carboxylic acids is 1. The van der Waals surface area contributed by atoms with Crippen molar-refractivity contribution in [1.82, 2.24) is 5.32 Å². The van der Waals surface area contributed by atoms with Gasteiger partial charge < -0.3 is 10.4 Å². The first-order valence-corrected chi connectivity index (χ1v) is 3.26. The Morgan fingerprint density at radius 1 is 1.70 bits per heavy atom. The van der Waals surface area contributed by atoms with Crippen molar-refractivity contribution in [3.8, 4) is 0 Å². The van der Waals surface area contributed by atoms with Gasteiger partial charge in [0, 0.05) is 19.0 Å². The van der Waals surface area contributed by atoms with Crippen LogP contribution in [0.15, 0.2) is 0 Å². The van der Waals surface area contributed by atoms with E-state index in [0.29, 0.717) is 13.1 Å². The van der Waals surface area contributed by atoms with Crippen molar-refractivity contribution >= 4 is 5.97 Å². The fourth-order valence-electron chi connectivity index (χ4n) is 1.13. The molecule has 1 saturated heterocycles. The molecule has 0 aromatic carbocycles. The largest absolute Gasteiger partial charge is 0.481 e. The van der Waals surface area contributed by atoms with Gasteiger partial charge in [0.05, 0.1) is 6.42 Å². The van der Waals surface area contributed by atoms with Crippen LogP contribution in [0.3, 0.4) is 0 Å². The quantitative estimate of drug-likeness (QED) is 0.578. The lowest BCUT2D eigenvalue weighted by Gasteiger charge is -2.06. The summed E-state index contributed by atoms with van der Waals surface area (Å²) in [6.07, 6.45) is -1.04. The summed E-state index contributed by atoms with van der Waals surface area (Å²) in [5, 5.41) is 11.1. The van der Waals surface area contributed by atoms with Gasteiger partial charge in [-0.25, -0.2) is 4.39 Å². The molecule has 0 bridgehead atoms. The second-order valence-corrected chi connectivity index (χ2v) is 2.53. The van der Waals surface area contributed by atoms with E-state index in [1.54, 1.807) is 0 Å². The number of nitrogens with one attached hydrogen (secondary N) is 1. The number of hydrogen-bond acceptors (Lipinski definition) is 2. The van der Waals surface area contributed by atoms with E-state index in [-0.39, 0.29) is 12.3 Å². The smallest absolute Gasteiger partial charge is 0.303 e. The summed E-state index contributed by atoms with van der Waals surface area (Å²) in [6, 6.07) is 0. The zero-order chi connectivity index (χ0) is 7.56. The van der Waals surface area contributed by atoms with E-state index < -0.39 is 12.1 Å². The van der Waals surface area contributed by atoms with Crippen LogP contribution in [0.2, 0.25) is 0 Å². The van der Waals surface area contributed by atoms with Crippen LogP contribution < -0.4 is 5.32 Å². The maximum absolute atomic E-state index is 12.6. The first-order valence-electron chi connectivity index (χ1n) is 3.26. The fraction of sp³-hybridized carbons (Fsp3) is 0.833. The van der Waals surface area contributed by atoms with Crippen molar-refractivity contribution in [3.63, 3.8) is 0 Å². The zero-order valence-electron chi connectivity index (χ0n) is 5.51. The summed E-state index contributed by atoms with van der Waals surface area (Å²) < 4.78 is 12.6. The third-order valence-electron chi connectivity index (χ3n) is 1.69. The van der Waals surface area contributed by atoms with Crippen LogP contribution >= 0.6 is 0 Å². The number of alkyl halides is 1. The Labute approximate surface area is 58.2 Å². The molecule has 0 unspecified atom stereocenters. The summed E-state index contributed by atoms with van der Waals surface area (Å²) in [5.74, 6) is -1.24. The molecule has 1 aliphatic rings. The Hall–Kier alpha value is -0.640. The molecule has 2 atom stereocenters. The zero-order valence-corrected chi connectivity index (χ0v) is 5.51. The summed E-state index contributed by atoms with van der Waals surface area (Å²) >= 11 is 0. The third kappa shape index (κ3) is 1.67. The van der Waals surface area contributed by atoms with Crippen LogP contribution in [0.4, 0.5) is 4.39 Å². The van der Waals surface area contributed by atoms with E-state index >= 15 is 0 Å². The van der Waals surface area contributed by atoms with Crippen molar-refractivity contribution in [2.75, 3.05) is 13.1 Å². The maximum atomic E-state index is 12.6. The minimum Gasteiger partial charge on any atom is -0.481 e. The van der Waals surface area contributed by atoms with Gasteiger partial charge in [0.2, 0.25) is 0 Å². The Morgan fingerprint density at radius 3 is 2.80 bits per heavy atom. The molecule has 0 aromatic heterocycles. The van der Waals surface area contributed by atoms with E-state index in [1.165, 1.54) is 0 Å². The molecule has 3 nitrogen and oxygen atoms in total. The molecule has 0 spiro atoms. The number of halogens is 1. The van der Waals surface area contributed by atoms with Gasteiger partial charge in [0.15, 0.2) is 0 Å². The normalized spacial score (nSPS) is 32.5. The predicted molar refractivity (Wildman–Crippen MR) is 33.5 cm³/mol. The number of carbonyl (C=O) groups is 1. The molecular formula is C6H10FNO2. The number of carboxylic acid groups (broad SMARTS) is 1. The Morgan fingerprint density at radius 2 is 2.40 bits per heavy atom. The molecule has 1 aliphatic heterocycles. The molecule has 58 valence electrons. The number of rotatable bonds is 2. The summed E-state index contributed by atoms with van der Waals surface area (Å²) in [7, 11) is 0. The third-order valence-corrected chi connectivity index (χ3v) is 1.69. The standard InChI is InChI=1S/C6H10FNO2/c7-5-3-8-2-4(5)1-6(9)10/h4-5,8H,1-3H2,(H,9,10)/t4-,5+/m0/s1. The van der Waals surface area contributed by atoms with Crippen molar-refractivity contribution < 1.29 is 14.3 Å². The molecule has 1 heterocycles. The van der Waals surface area contributed by atoms with Gasteiger partial charge in [-0.2, -0.15) is 0 Å². The molecular weight excluding hydrogens is 137 g/mol. The lowest BCUT2D eigenvalue weighted by molar-refractivity contribution is -0.138. The summed E-state index contributed by atoms with van der Waals surface area (Å²) in [4.78, 5) is 10.1. The van der Waals surface area contributed by atoms with E-state index in [2.05, 4.69) is 5.32 Å². The van der Waals surface area contributed by atoms with Gasteiger partial charge >= 0.3 is 5.97 Å². The van der Waals surface area contributed by atoms with Crippen LogP contribution in [-0.2, 0) is 4.79 Å². The molecule has 0 aliphatic carbocycles. The Kier molecular flexibility index (Phi) is 2.21. The first kappa shape index (κ1) is 7.47. The van der Waals surface area contributed by atoms with Crippen LogP contribution in [0, 0.1) is 5.92 Å². The highest BCUT2D eigenvalue weighted by Gasteiger charge is 2.28. The second kappa shape index (κ2) is 2.96. The van der Waals surface area contributed by atoms with E-state index in [9.17, 15) is 9.18 Å². The highest BCUT2D eigenvalue weighted by Crippen LogP contribution is 2.15. The van der Waals surface area contributed by atoms with Crippen molar-refractivity contribution in [3.05, 3.63) is 0 Å². The minimum absolute atomic E-state index is 0.0613. The van der Waals surface area contributed by atoms with Gasteiger partial charge in [-0.3, -0.25) is 4.79 Å². The molecule has 0 radical (unpaired) electrons. The van der Waals surface area contributed by atoms with Crippen LogP contribution in [0.1, 0.15) is 6.42 Å². The molecule has 1 fully saturated rings. The number of aliphatic carboxylic acids is 1. The molecule has 0 amide bonds. The molecule has 2 N–H and O–H groups in total. The fourth-order valence-corrected chi connectivity index (χ4v) is 1.13. The van der Waals surface area contributed by atoms with E-state index in [1.807, 2.05) is 0 Å². The lowest BCUT2D eigenvalue weighted by Crippen LogP contribution is -2.16. The summed E-state index contributed by atoms with van der Waals surface area (Å²) in [6.45, 7) is 0.797. The summed E-state index contributed by atoms with van der Waals surface area (Å²) in [5.41, 5.74) is 0. The average molecular weight is 147 g/mol. The highest BCUT2D eigenvalue weighted by molar-refractivity contribution is 5.67. The minimum atomic E-state index is -0.976. The van der Waals surface area contributed by atoms with E-state index in [0.717, 1.165) is 0 Å². The van der Waals surface area contributed by atoms with Gasteiger partial charge in [0.25, 0.3) is 0 Å².